The Kier molecular flexibility index (Phi) is 6.54. The zero-order valence-electron chi connectivity index (χ0n) is 14.8. The molecule has 0 atom stereocenters. The molecular formula is C17H27N3O4. The van der Waals surface area contributed by atoms with Crippen molar-refractivity contribution in [3.63, 3.8) is 0 Å². The van der Waals surface area contributed by atoms with Crippen LogP contribution < -0.4 is 24.8 Å². The van der Waals surface area contributed by atoms with Crippen LogP contribution in [0.15, 0.2) is 12.1 Å². The molecule has 1 aliphatic heterocycles. The molecule has 24 heavy (non-hydrogen) atoms. The molecular weight excluding hydrogens is 310 g/mol. The fourth-order valence-corrected chi connectivity index (χ4v) is 2.83. The van der Waals surface area contributed by atoms with Crippen LogP contribution in [0, 0.1) is 5.92 Å². The number of piperidine rings is 1. The Hall–Kier alpha value is -2.15. The number of rotatable bonds is 6. The van der Waals surface area contributed by atoms with Crippen LogP contribution in [0.5, 0.6) is 17.2 Å². The third-order valence-corrected chi connectivity index (χ3v) is 4.31. The van der Waals surface area contributed by atoms with Crippen molar-refractivity contribution in [2.75, 3.05) is 53.3 Å². The number of anilines is 1. The molecule has 7 nitrogen and oxygen atoms in total. The molecule has 1 aliphatic rings. The topological polar surface area (TPSA) is 72.1 Å². The highest BCUT2D eigenvalue weighted by Crippen LogP contribution is 2.39. The van der Waals surface area contributed by atoms with Crippen molar-refractivity contribution in [3.05, 3.63) is 12.1 Å². The van der Waals surface area contributed by atoms with Gasteiger partial charge >= 0.3 is 6.03 Å². The number of likely N-dealkylation sites (tertiary alicyclic amines) is 1. The van der Waals surface area contributed by atoms with Crippen molar-refractivity contribution in [3.8, 4) is 17.2 Å². The number of hydrogen-bond donors (Lipinski definition) is 2. The molecule has 0 spiro atoms. The summed E-state index contributed by atoms with van der Waals surface area (Å²) in [6, 6.07) is 3.18. The summed E-state index contributed by atoms with van der Waals surface area (Å²) in [5.41, 5.74) is 0.588. The predicted molar refractivity (Wildman–Crippen MR) is 93.3 cm³/mol. The van der Waals surface area contributed by atoms with Gasteiger partial charge in [-0.2, -0.15) is 0 Å². The lowest BCUT2D eigenvalue weighted by Gasteiger charge is -2.28. The maximum atomic E-state index is 12.1. The van der Waals surface area contributed by atoms with Crippen LogP contribution in [0.1, 0.15) is 12.8 Å². The highest BCUT2D eigenvalue weighted by Gasteiger charge is 2.18. The number of ether oxygens (including phenoxy) is 3. The molecule has 0 bridgehead atoms. The minimum atomic E-state index is -0.233. The van der Waals surface area contributed by atoms with E-state index < -0.39 is 0 Å². The van der Waals surface area contributed by atoms with Crippen molar-refractivity contribution < 1.29 is 19.0 Å². The number of nitrogens with one attached hydrogen (secondary N) is 2. The average molecular weight is 337 g/mol. The van der Waals surface area contributed by atoms with Crippen molar-refractivity contribution in [1.29, 1.82) is 0 Å². The minimum absolute atomic E-state index is 0.233. The van der Waals surface area contributed by atoms with Crippen molar-refractivity contribution in [2.24, 2.45) is 5.92 Å². The van der Waals surface area contributed by atoms with Gasteiger partial charge in [-0.3, -0.25) is 0 Å². The average Bonchev–Trinajstić information content (AvgIpc) is 2.60. The molecule has 7 heteroatoms. The van der Waals surface area contributed by atoms with Crippen LogP contribution in [0.4, 0.5) is 10.5 Å². The predicted octanol–water partition coefficient (Wildman–Crippen LogP) is 2.18. The SMILES string of the molecule is COc1cc(NC(=O)NCC2CCN(C)CC2)cc(OC)c1OC. The summed E-state index contributed by atoms with van der Waals surface area (Å²) in [5, 5.41) is 5.75. The minimum Gasteiger partial charge on any atom is -0.493 e. The van der Waals surface area contributed by atoms with Crippen LogP contribution in [0.2, 0.25) is 0 Å². The molecule has 2 amide bonds. The van der Waals surface area contributed by atoms with Gasteiger partial charge in [0.2, 0.25) is 5.75 Å². The highest BCUT2D eigenvalue weighted by molar-refractivity contribution is 5.90. The van der Waals surface area contributed by atoms with Gasteiger partial charge in [-0.25, -0.2) is 4.79 Å². The van der Waals surface area contributed by atoms with Gasteiger partial charge < -0.3 is 29.7 Å². The van der Waals surface area contributed by atoms with Crippen LogP contribution in [-0.4, -0.2) is 58.9 Å². The number of carbonyl (C=O) groups excluding carboxylic acids is 1. The maximum Gasteiger partial charge on any atom is 0.319 e. The maximum absolute atomic E-state index is 12.1. The summed E-state index contributed by atoms with van der Waals surface area (Å²) >= 11 is 0. The van der Waals surface area contributed by atoms with Crippen molar-refractivity contribution in [1.82, 2.24) is 10.2 Å². The van der Waals surface area contributed by atoms with Gasteiger partial charge in [0.1, 0.15) is 0 Å². The molecule has 1 aromatic rings. The Morgan fingerprint density at radius 1 is 1.12 bits per heavy atom. The lowest BCUT2D eigenvalue weighted by molar-refractivity contribution is 0.213. The summed E-state index contributed by atoms with van der Waals surface area (Å²) in [7, 11) is 6.76. The van der Waals surface area contributed by atoms with Gasteiger partial charge in [0.15, 0.2) is 11.5 Å². The van der Waals surface area contributed by atoms with E-state index in [1.54, 1.807) is 33.5 Å². The Morgan fingerprint density at radius 2 is 1.71 bits per heavy atom. The van der Waals surface area contributed by atoms with E-state index in [4.69, 9.17) is 14.2 Å². The largest absolute Gasteiger partial charge is 0.493 e. The van der Waals surface area contributed by atoms with Crippen LogP contribution >= 0.6 is 0 Å². The number of carbonyl (C=O) groups is 1. The summed E-state index contributed by atoms with van der Waals surface area (Å²) in [6.45, 7) is 2.85. The number of amides is 2. The second-order valence-electron chi connectivity index (χ2n) is 6.00. The molecule has 1 fully saturated rings. The second-order valence-corrected chi connectivity index (χ2v) is 6.00. The van der Waals surface area contributed by atoms with E-state index in [1.165, 1.54) is 0 Å². The lowest BCUT2D eigenvalue weighted by Crippen LogP contribution is -2.38. The number of urea groups is 1. The van der Waals surface area contributed by atoms with Gasteiger partial charge in [-0.05, 0) is 38.9 Å². The summed E-state index contributed by atoms with van der Waals surface area (Å²) < 4.78 is 15.8. The fourth-order valence-electron chi connectivity index (χ4n) is 2.83. The number of methoxy groups -OCH3 is 3. The summed E-state index contributed by atoms with van der Waals surface area (Å²) in [5.74, 6) is 2.04. The van der Waals surface area contributed by atoms with E-state index in [9.17, 15) is 4.79 Å². The normalized spacial score (nSPS) is 15.7. The molecule has 0 saturated carbocycles. The number of hydrogen-bond acceptors (Lipinski definition) is 5. The van der Waals surface area contributed by atoms with Crippen molar-refractivity contribution >= 4 is 11.7 Å². The molecule has 0 aromatic heterocycles. The molecule has 0 aliphatic carbocycles. The zero-order chi connectivity index (χ0) is 17.5. The standard InChI is InChI=1S/C17H27N3O4/c1-20-7-5-12(6-8-20)11-18-17(21)19-13-9-14(22-2)16(24-4)15(10-13)23-3/h9-10,12H,5-8,11H2,1-4H3,(H2,18,19,21). The van der Waals surface area contributed by atoms with E-state index in [0.717, 1.165) is 25.9 Å². The molecule has 1 aromatic carbocycles. The summed E-state index contributed by atoms with van der Waals surface area (Å²) in [6.07, 6.45) is 2.22. The van der Waals surface area contributed by atoms with E-state index in [0.29, 0.717) is 35.4 Å². The van der Waals surface area contributed by atoms with Gasteiger partial charge in [0, 0.05) is 18.7 Å². The van der Waals surface area contributed by atoms with E-state index in [-0.39, 0.29) is 6.03 Å². The first-order valence-corrected chi connectivity index (χ1v) is 8.10. The molecule has 0 unspecified atom stereocenters. The quantitative estimate of drug-likeness (QED) is 0.832. The first kappa shape index (κ1) is 18.2. The zero-order valence-corrected chi connectivity index (χ0v) is 14.8. The summed E-state index contributed by atoms with van der Waals surface area (Å²) in [4.78, 5) is 14.4. The highest BCUT2D eigenvalue weighted by atomic mass is 16.5. The molecule has 2 N–H and O–H groups in total. The first-order valence-electron chi connectivity index (χ1n) is 8.10. The van der Waals surface area contributed by atoms with Crippen LogP contribution in [0.25, 0.3) is 0 Å². The molecule has 134 valence electrons. The van der Waals surface area contributed by atoms with Crippen LogP contribution in [0.3, 0.4) is 0 Å². The monoisotopic (exact) mass is 337 g/mol. The van der Waals surface area contributed by atoms with E-state index in [2.05, 4.69) is 22.6 Å². The number of benzene rings is 1. The van der Waals surface area contributed by atoms with Gasteiger partial charge in [0.25, 0.3) is 0 Å². The van der Waals surface area contributed by atoms with Gasteiger partial charge in [-0.1, -0.05) is 0 Å². The fraction of sp³-hybridized carbons (Fsp3) is 0.588. The lowest BCUT2D eigenvalue weighted by atomic mass is 9.97. The van der Waals surface area contributed by atoms with Gasteiger partial charge in [0.05, 0.1) is 27.0 Å². The molecule has 2 rings (SSSR count). The Morgan fingerprint density at radius 3 is 2.21 bits per heavy atom. The third-order valence-electron chi connectivity index (χ3n) is 4.31. The Labute approximate surface area is 143 Å². The molecule has 1 heterocycles. The van der Waals surface area contributed by atoms with E-state index >= 15 is 0 Å². The van der Waals surface area contributed by atoms with Crippen LogP contribution in [-0.2, 0) is 0 Å². The first-order chi connectivity index (χ1) is 11.6. The second kappa shape index (κ2) is 8.63. The number of nitrogens with zero attached hydrogens (tertiary/aromatic N) is 1. The third kappa shape index (κ3) is 4.67. The molecule has 0 radical (unpaired) electrons. The molecule has 1 saturated heterocycles. The van der Waals surface area contributed by atoms with Crippen molar-refractivity contribution in [2.45, 2.75) is 12.8 Å². The Balaban J connectivity index is 1.93. The van der Waals surface area contributed by atoms with Gasteiger partial charge in [-0.15, -0.1) is 0 Å². The smallest absolute Gasteiger partial charge is 0.319 e. The Bertz CT molecular complexity index is 532. The van der Waals surface area contributed by atoms with E-state index in [1.807, 2.05) is 0 Å².